The third-order valence-corrected chi connectivity index (χ3v) is 4.05. The zero-order valence-corrected chi connectivity index (χ0v) is 13.9. The lowest BCUT2D eigenvalue weighted by atomic mass is 10.1. The number of aromatic nitrogens is 1. The Kier molecular flexibility index (Phi) is 4.82. The van der Waals surface area contributed by atoms with Crippen molar-refractivity contribution in [2.45, 2.75) is 6.54 Å². The van der Waals surface area contributed by atoms with E-state index in [1.807, 2.05) is 12.1 Å². The van der Waals surface area contributed by atoms with Crippen LogP contribution in [0, 0.1) is 0 Å². The number of carboxylic acid groups (broad SMARTS) is 1. The molecule has 1 aromatic heterocycles. The number of ether oxygens (including phenoxy) is 1. The van der Waals surface area contributed by atoms with Crippen molar-refractivity contribution in [1.82, 2.24) is 4.98 Å². The van der Waals surface area contributed by atoms with Crippen LogP contribution in [0.25, 0.3) is 0 Å². The maximum atomic E-state index is 10.8. The minimum absolute atomic E-state index is 0.114. The van der Waals surface area contributed by atoms with E-state index in [1.165, 1.54) is 0 Å². The third-order valence-electron chi connectivity index (χ3n) is 3.55. The van der Waals surface area contributed by atoms with Crippen molar-refractivity contribution >= 4 is 33.6 Å². The number of nitrogens with zero attached hydrogens (tertiary/aromatic N) is 2. The Morgan fingerprint density at radius 1 is 1.39 bits per heavy atom. The van der Waals surface area contributed by atoms with Gasteiger partial charge in [-0.15, -0.1) is 0 Å². The zero-order chi connectivity index (χ0) is 16.2. The molecule has 0 unspecified atom stereocenters. The zero-order valence-electron chi connectivity index (χ0n) is 12.3. The lowest BCUT2D eigenvalue weighted by Gasteiger charge is -2.30. The molecule has 122 valence electrons. The van der Waals surface area contributed by atoms with Crippen LogP contribution in [0.15, 0.2) is 33.4 Å². The highest BCUT2D eigenvalue weighted by Gasteiger charge is 2.16. The summed E-state index contributed by atoms with van der Waals surface area (Å²) >= 11 is 3.50. The quantitative estimate of drug-likeness (QED) is 0.822. The number of nitrogens with one attached hydrogen (secondary N) is 1. The normalized spacial score (nSPS) is 14.7. The van der Waals surface area contributed by atoms with Crippen molar-refractivity contribution < 1.29 is 19.1 Å². The number of carboxylic acids is 1. The standard InChI is InChI=1S/C15H16BrN3O4/c16-11-2-1-10(13(7-11)19-3-5-22-6-4-19)8-17-15-18-12(9-23-15)14(20)21/h1-2,7,9H,3-6,8H2,(H,17,18)(H,20,21). The average molecular weight is 382 g/mol. The fourth-order valence-electron chi connectivity index (χ4n) is 2.41. The van der Waals surface area contributed by atoms with E-state index in [1.54, 1.807) is 0 Å². The Morgan fingerprint density at radius 3 is 2.87 bits per heavy atom. The molecule has 0 aliphatic carbocycles. The van der Waals surface area contributed by atoms with Crippen molar-refractivity contribution in [2.75, 3.05) is 36.5 Å². The molecule has 8 heteroatoms. The van der Waals surface area contributed by atoms with Gasteiger partial charge in [0.1, 0.15) is 6.26 Å². The number of oxazole rings is 1. The molecule has 3 rings (SSSR count). The van der Waals surface area contributed by atoms with Crippen LogP contribution in [0.3, 0.4) is 0 Å². The van der Waals surface area contributed by atoms with Crippen LogP contribution in [0.1, 0.15) is 16.1 Å². The molecule has 1 aliphatic rings. The van der Waals surface area contributed by atoms with Crippen LogP contribution < -0.4 is 10.2 Å². The summed E-state index contributed by atoms with van der Waals surface area (Å²) in [5.74, 6) is -1.11. The largest absolute Gasteiger partial charge is 0.476 e. The van der Waals surface area contributed by atoms with Crippen LogP contribution in [0.2, 0.25) is 0 Å². The number of hydrogen-bond donors (Lipinski definition) is 2. The number of hydrogen-bond acceptors (Lipinski definition) is 6. The van der Waals surface area contributed by atoms with Crippen molar-refractivity contribution in [3.8, 4) is 0 Å². The summed E-state index contributed by atoms with van der Waals surface area (Å²) in [7, 11) is 0. The molecule has 0 amide bonds. The fourth-order valence-corrected chi connectivity index (χ4v) is 2.76. The molecule has 1 fully saturated rings. The molecule has 2 N–H and O–H groups in total. The molecule has 0 bridgehead atoms. The van der Waals surface area contributed by atoms with Crippen LogP contribution in [-0.4, -0.2) is 42.4 Å². The first-order valence-corrected chi connectivity index (χ1v) is 7.96. The summed E-state index contributed by atoms with van der Waals surface area (Å²) in [4.78, 5) is 16.9. The van der Waals surface area contributed by atoms with Crippen LogP contribution in [0.5, 0.6) is 0 Å². The molecule has 2 heterocycles. The summed E-state index contributed by atoms with van der Waals surface area (Å²) in [5, 5.41) is 11.9. The molecule has 2 aromatic rings. The molecule has 1 saturated heterocycles. The monoisotopic (exact) mass is 381 g/mol. The summed E-state index contributed by atoms with van der Waals surface area (Å²) in [5.41, 5.74) is 2.07. The van der Waals surface area contributed by atoms with Crippen molar-refractivity contribution in [3.05, 3.63) is 40.2 Å². The number of carbonyl (C=O) groups is 1. The second-order valence-corrected chi connectivity index (χ2v) is 5.98. The van der Waals surface area contributed by atoms with Crippen LogP contribution in [-0.2, 0) is 11.3 Å². The lowest BCUT2D eigenvalue weighted by Crippen LogP contribution is -2.36. The number of rotatable bonds is 5. The Hall–Kier alpha value is -2.06. The summed E-state index contributed by atoms with van der Waals surface area (Å²) in [6.07, 6.45) is 1.12. The first-order chi connectivity index (χ1) is 11.1. The first kappa shape index (κ1) is 15.8. The molecule has 0 radical (unpaired) electrons. The minimum Gasteiger partial charge on any atom is -0.476 e. The van der Waals surface area contributed by atoms with Gasteiger partial charge in [-0.3, -0.25) is 0 Å². The van der Waals surface area contributed by atoms with Gasteiger partial charge < -0.3 is 24.5 Å². The van der Waals surface area contributed by atoms with Gasteiger partial charge in [0.05, 0.1) is 13.2 Å². The van der Waals surface area contributed by atoms with E-state index in [2.05, 4.69) is 37.2 Å². The molecule has 0 atom stereocenters. The van der Waals surface area contributed by atoms with E-state index in [0.717, 1.165) is 35.1 Å². The van der Waals surface area contributed by atoms with Crippen molar-refractivity contribution in [2.24, 2.45) is 0 Å². The number of anilines is 2. The van der Waals surface area contributed by atoms with E-state index >= 15 is 0 Å². The molecule has 1 aliphatic heterocycles. The molecule has 1 aromatic carbocycles. The fraction of sp³-hybridized carbons (Fsp3) is 0.333. The van der Waals surface area contributed by atoms with Crippen LogP contribution >= 0.6 is 15.9 Å². The number of aromatic carboxylic acids is 1. The molecule has 23 heavy (non-hydrogen) atoms. The van der Waals surface area contributed by atoms with Gasteiger partial charge >= 0.3 is 5.97 Å². The van der Waals surface area contributed by atoms with Gasteiger partial charge in [0.2, 0.25) is 0 Å². The Bertz CT molecular complexity index is 698. The number of morpholine rings is 1. The third kappa shape index (κ3) is 3.83. The van der Waals surface area contributed by atoms with E-state index in [9.17, 15) is 4.79 Å². The van der Waals surface area contributed by atoms with Gasteiger partial charge in [-0.2, -0.15) is 4.98 Å². The average Bonchev–Trinajstić information content (AvgIpc) is 3.04. The Balaban J connectivity index is 1.74. The number of halogens is 1. The number of benzene rings is 1. The molecule has 7 nitrogen and oxygen atoms in total. The maximum Gasteiger partial charge on any atom is 0.357 e. The van der Waals surface area contributed by atoms with Gasteiger partial charge in [-0.05, 0) is 17.7 Å². The van der Waals surface area contributed by atoms with Crippen LogP contribution in [0.4, 0.5) is 11.7 Å². The van der Waals surface area contributed by atoms with Gasteiger partial charge in [-0.25, -0.2) is 4.79 Å². The predicted molar refractivity (Wildman–Crippen MR) is 88.0 cm³/mol. The highest BCUT2D eigenvalue weighted by atomic mass is 79.9. The van der Waals surface area contributed by atoms with E-state index < -0.39 is 5.97 Å². The van der Waals surface area contributed by atoms with E-state index in [4.69, 9.17) is 14.3 Å². The van der Waals surface area contributed by atoms with Gasteiger partial charge in [0.15, 0.2) is 5.69 Å². The topological polar surface area (TPSA) is 87.8 Å². The SMILES string of the molecule is O=C(O)c1coc(NCc2ccc(Br)cc2N2CCOCC2)n1. The van der Waals surface area contributed by atoms with E-state index in [-0.39, 0.29) is 11.7 Å². The highest BCUT2D eigenvalue weighted by Crippen LogP contribution is 2.27. The summed E-state index contributed by atoms with van der Waals surface area (Å²) in [6, 6.07) is 6.25. The Morgan fingerprint density at radius 2 is 2.17 bits per heavy atom. The second kappa shape index (κ2) is 7.01. The smallest absolute Gasteiger partial charge is 0.357 e. The maximum absolute atomic E-state index is 10.8. The van der Waals surface area contributed by atoms with Gasteiger partial charge in [-0.1, -0.05) is 22.0 Å². The molecule has 0 saturated carbocycles. The van der Waals surface area contributed by atoms with Crippen molar-refractivity contribution in [3.63, 3.8) is 0 Å². The minimum atomic E-state index is -1.11. The molecular formula is C15H16BrN3O4. The summed E-state index contributed by atoms with van der Waals surface area (Å²) in [6.45, 7) is 3.58. The van der Waals surface area contributed by atoms with E-state index in [0.29, 0.717) is 19.8 Å². The summed E-state index contributed by atoms with van der Waals surface area (Å²) < 4.78 is 11.5. The molecular weight excluding hydrogens is 366 g/mol. The Labute approximate surface area is 141 Å². The van der Waals surface area contributed by atoms with Crippen molar-refractivity contribution in [1.29, 1.82) is 0 Å². The highest BCUT2D eigenvalue weighted by molar-refractivity contribution is 9.10. The lowest BCUT2D eigenvalue weighted by molar-refractivity contribution is 0.0690. The molecule has 0 spiro atoms. The second-order valence-electron chi connectivity index (χ2n) is 5.07. The van der Waals surface area contributed by atoms with Gasteiger partial charge in [0, 0.05) is 29.8 Å². The predicted octanol–water partition coefficient (Wildman–Crippen LogP) is 2.58. The first-order valence-electron chi connectivity index (χ1n) is 7.17. The van der Waals surface area contributed by atoms with Gasteiger partial charge in [0.25, 0.3) is 6.01 Å².